The molecule has 0 atom stereocenters. The summed E-state index contributed by atoms with van der Waals surface area (Å²) >= 11 is 2.77. The Morgan fingerprint density at radius 1 is 1.21 bits per heavy atom. The molecule has 9 heteroatoms. The van der Waals surface area contributed by atoms with Crippen LogP contribution >= 0.6 is 22.7 Å². The maximum Gasteiger partial charge on any atom is 0.318 e. The minimum Gasteiger partial charge on any atom is -0.334 e. The number of aromatic nitrogens is 1. The number of nitrogens with zero attached hydrogens (tertiary/aromatic N) is 2. The first-order chi connectivity index (χ1) is 13.6. The molecule has 1 aliphatic rings. The van der Waals surface area contributed by atoms with Gasteiger partial charge in [0, 0.05) is 24.4 Å². The molecule has 0 aliphatic carbocycles. The molecule has 3 aromatic rings. The zero-order valence-corrected chi connectivity index (χ0v) is 16.4. The summed E-state index contributed by atoms with van der Waals surface area (Å²) in [5.41, 5.74) is 1.76. The Hall–Kier alpha value is -2.78. The van der Waals surface area contributed by atoms with Crippen molar-refractivity contribution in [2.24, 2.45) is 0 Å². The molecule has 2 aromatic heterocycles. The summed E-state index contributed by atoms with van der Waals surface area (Å²) in [4.78, 5) is 32.4. The minimum absolute atomic E-state index is 0.171. The predicted octanol–water partition coefficient (Wildman–Crippen LogP) is 3.86. The average molecular weight is 417 g/mol. The van der Waals surface area contributed by atoms with Gasteiger partial charge in [0.05, 0.1) is 17.1 Å². The molecule has 0 saturated carbocycles. The Balaban J connectivity index is 1.35. The van der Waals surface area contributed by atoms with Crippen molar-refractivity contribution in [3.63, 3.8) is 0 Å². The van der Waals surface area contributed by atoms with Crippen molar-refractivity contribution in [1.29, 1.82) is 0 Å². The second-order valence-corrected chi connectivity index (χ2v) is 8.31. The summed E-state index contributed by atoms with van der Waals surface area (Å²) in [6.45, 7) is 1.36. The summed E-state index contributed by atoms with van der Waals surface area (Å²) < 4.78 is 13.0. The molecule has 0 saturated heterocycles. The summed E-state index contributed by atoms with van der Waals surface area (Å²) in [5, 5.41) is 8.09. The average Bonchev–Trinajstić information content (AvgIpc) is 3.36. The van der Waals surface area contributed by atoms with Crippen molar-refractivity contribution >= 4 is 39.7 Å². The Morgan fingerprint density at radius 2 is 2.04 bits per heavy atom. The standard InChI is InChI=1S/C19H17FN4O2S2/c20-13-5-3-12(4-6-13)10-21-19(26)24-8-7-14-16(11-24)28-18(22-14)23-17(25)15-2-1-9-27-15/h1-6,9H,7-8,10-11H2,(H,21,26)(H,22,23,25). The number of urea groups is 1. The molecule has 0 bridgehead atoms. The number of benzene rings is 1. The highest BCUT2D eigenvalue weighted by molar-refractivity contribution is 7.16. The van der Waals surface area contributed by atoms with Gasteiger partial charge in [0.15, 0.2) is 5.13 Å². The smallest absolute Gasteiger partial charge is 0.318 e. The van der Waals surface area contributed by atoms with Crippen LogP contribution in [0.5, 0.6) is 0 Å². The monoisotopic (exact) mass is 416 g/mol. The highest BCUT2D eigenvalue weighted by Gasteiger charge is 2.24. The van der Waals surface area contributed by atoms with Crippen LogP contribution in [0.1, 0.15) is 25.8 Å². The van der Waals surface area contributed by atoms with E-state index in [0.29, 0.717) is 36.1 Å². The normalized spacial score (nSPS) is 13.1. The molecule has 0 fully saturated rings. The van der Waals surface area contributed by atoms with Gasteiger partial charge in [-0.1, -0.05) is 29.5 Å². The summed E-state index contributed by atoms with van der Waals surface area (Å²) in [5.74, 6) is -0.471. The first-order valence-corrected chi connectivity index (χ1v) is 10.4. The molecule has 3 amide bonds. The molecule has 3 heterocycles. The number of anilines is 1. The Bertz CT molecular complexity index is 986. The van der Waals surface area contributed by atoms with Gasteiger partial charge in [0.25, 0.3) is 5.91 Å². The first kappa shape index (κ1) is 18.6. The van der Waals surface area contributed by atoms with Crippen molar-refractivity contribution in [3.05, 3.63) is 68.6 Å². The number of carbonyl (C=O) groups excluding carboxylic acids is 2. The molecule has 28 heavy (non-hydrogen) atoms. The van der Waals surface area contributed by atoms with E-state index in [0.717, 1.165) is 16.1 Å². The maximum absolute atomic E-state index is 13.0. The van der Waals surface area contributed by atoms with Gasteiger partial charge >= 0.3 is 6.03 Å². The van der Waals surface area contributed by atoms with E-state index in [4.69, 9.17) is 0 Å². The number of fused-ring (bicyclic) bond motifs is 1. The Labute approximate surface area is 169 Å². The van der Waals surface area contributed by atoms with Gasteiger partial charge in [-0.05, 0) is 29.1 Å². The third-order valence-corrected chi connectivity index (χ3v) is 6.21. The van der Waals surface area contributed by atoms with E-state index >= 15 is 0 Å². The lowest BCUT2D eigenvalue weighted by Gasteiger charge is -2.26. The van der Waals surface area contributed by atoms with Gasteiger partial charge in [0.2, 0.25) is 0 Å². The molecule has 2 N–H and O–H groups in total. The second kappa shape index (κ2) is 8.07. The van der Waals surface area contributed by atoms with E-state index in [1.54, 1.807) is 23.1 Å². The lowest BCUT2D eigenvalue weighted by molar-refractivity contribution is 0.103. The van der Waals surface area contributed by atoms with Crippen LogP contribution in [0.3, 0.4) is 0 Å². The van der Waals surface area contributed by atoms with E-state index < -0.39 is 0 Å². The Kier molecular flexibility index (Phi) is 5.36. The predicted molar refractivity (Wildman–Crippen MR) is 107 cm³/mol. The van der Waals surface area contributed by atoms with Crippen LogP contribution in [0, 0.1) is 5.82 Å². The number of carbonyl (C=O) groups is 2. The Morgan fingerprint density at radius 3 is 2.79 bits per heavy atom. The van der Waals surface area contributed by atoms with Gasteiger partial charge in [-0.2, -0.15) is 0 Å². The molecule has 1 aliphatic heterocycles. The fourth-order valence-corrected chi connectivity index (χ4v) is 4.52. The van der Waals surface area contributed by atoms with Gasteiger partial charge in [0.1, 0.15) is 5.82 Å². The molecular formula is C19H17FN4O2S2. The number of amides is 3. The van der Waals surface area contributed by atoms with E-state index in [9.17, 15) is 14.0 Å². The quantitative estimate of drug-likeness (QED) is 0.678. The molecule has 0 unspecified atom stereocenters. The van der Waals surface area contributed by atoms with Crippen LogP contribution in [0.2, 0.25) is 0 Å². The van der Waals surface area contributed by atoms with Crippen molar-refractivity contribution < 1.29 is 14.0 Å². The molecule has 0 radical (unpaired) electrons. The zero-order chi connectivity index (χ0) is 19.5. The van der Waals surface area contributed by atoms with E-state index in [2.05, 4.69) is 15.6 Å². The molecule has 6 nitrogen and oxygen atoms in total. The van der Waals surface area contributed by atoms with Crippen LogP contribution in [0.15, 0.2) is 41.8 Å². The van der Waals surface area contributed by atoms with Crippen LogP contribution in [-0.2, 0) is 19.5 Å². The highest BCUT2D eigenvalue weighted by atomic mass is 32.1. The number of nitrogens with one attached hydrogen (secondary N) is 2. The topological polar surface area (TPSA) is 74.3 Å². The second-order valence-electron chi connectivity index (χ2n) is 6.28. The summed E-state index contributed by atoms with van der Waals surface area (Å²) in [6, 6.07) is 9.46. The number of halogens is 1. The molecule has 144 valence electrons. The zero-order valence-electron chi connectivity index (χ0n) is 14.8. The molecule has 1 aromatic carbocycles. The number of thiophene rings is 1. The van der Waals surface area contributed by atoms with E-state index in [1.165, 1.54) is 34.8 Å². The molecular weight excluding hydrogens is 399 g/mol. The number of thiazole rings is 1. The van der Waals surface area contributed by atoms with Crippen molar-refractivity contribution in [1.82, 2.24) is 15.2 Å². The summed E-state index contributed by atoms with van der Waals surface area (Å²) in [6.07, 6.45) is 0.644. The lowest BCUT2D eigenvalue weighted by Crippen LogP contribution is -2.42. The van der Waals surface area contributed by atoms with Crippen LogP contribution < -0.4 is 10.6 Å². The SMILES string of the molecule is O=C(Nc1nc2c(s1)CN(C(=O)NCc1ccc(F)cc1)CC2)c1cccs1. The fourth-order valence-electron chi connectivity index (χ4n) is 2.88. The van der Waals surface area contributed by atoms with Crippen LogP contribution in [0.25, 0.3) is 0 Å². The lowest BCUT2D eigenvalue weighted by atomic mass is 10.2. The van der Waals surface area contributed by atoms with Gasteiger partial charge in [-0.3, -0.25) is 10.1 Å². The minimum atomic E-state index is -0.300. The fraction of sp³-hybridized carbons (Fsp3) is 0.211. The highest BCUT2D eigenvalue weighted by Crippen LogP contribution is 2.29. The van der Waals surface area contributed by atoms with E-state index in [1.807, 2.05) is 11.4 Å². The third-order valence-electron chi connectivity index (χ3n) is 4.34. The van der Waals surface area contributed by atoms with Crippen LogP contribution in [0.4, 0.5) is 14.3 Å². The largest absolute Gasteiger partial charge is 0.334 e. The van der Waals surface area contributed by atoms with Crippen molar-refractivity contribution in [2.45, 2.75) is 19.5 Å². The summed E-state index contributed by atoms with van der Waals surface area (Å²) in [7, 11) is 0. The maximum atomic E-state index is 13.0. The van der Waals surface area contributed by atoms with Crippen LogP contribution in [-0.4, -0.2) is 28.4 Å². The van der Waals surface area contributed by atoms with E-state index in [-0.39, 0.29) is 17.8 Å². The molecule has 4 rings (SSSR count). The van der Waals surface area contributed by atoms with Gasteiger partial charge in [-0.25, -0.2) is 14.2 Å². The van der Waals surface area contributed by atoms with Crippen molar-refractivity contribution in [2.75, 3.05) is 11.9 Å². The van der Waals surface area contributed by atoms with Gasteiger partial charge < -0.3 is 10.2 Å². The number of hydrogen-bond donors (Lipinski definition) is 2. The van der Waals surface area contributed by atoms with Crippen molar-refractivity contribution in [3.8, 4) is 0 Å². The molecule has 0 spiro atoms. The van der Waals surface area contributed by atoms with Gasteiger partial charge in [-0.15, -0.1) is 11.3 Å². The third kappa shape index (κ3) is 4.20. The number of hydrogen-bond acceptors (Lipinski definition) is 5. The first-order valence-electron chi connectivity index (χ1n) is 8.69. The number of rotatable bonds is 4.